The van der Waals surface area contributed by atoms with Crippen LogP contribution in [0.5, 0.6) is 0 Å². The lowest BCUT2D eigenvalue weighted by Gasteiger charge is -2.35. The fourth-order valence-corrected chi connectivity index (χ4v) is 6.11. The van der Waals surface area contributed by atoms with Crippen molar-refractivity contribution in [1.82, 2.24) is 9.62 Å². The molecule has 7 heteroatoms. The predicted octanol–water partition coefficient (Wildman–Crippen LogP) is 3.21. The first-order valence-corrected chi connectivity index (χ1v) is 12.9. The number of ether oxygens (including phenoxy) is 1. The molecule has 2 saturated heterocycles. The molecule has 2 aromatic carbocycles. The van der Waals surface area contributed by atoms with Crippen molar-refractivity contribution in [2.45, 2.75) is 43.9 Å². The minimum atomic E-state index is -3.37. The van der Waals surface area contributed by atoms with Crippen LogP contribution < -0.4 is 4.72 Å². The molecular weight excluding hydrogens is 415 g/mol. The van der Waals surface area contributed by atoms with Crippen LogP contribution in [0, 0.1) is 11.2 Å². The summed E-state index contributed by atoms with van der Waals surface area (Å²) in [7, 11) is -3.37. The Bertz CT molecular complexity index is 1050. The van der Waals surface area contributed by atoms with Gasteiger partial charge >= 0.3 is 0 Å². The fraction of sp³-hybridized carbons (Fsp3) is 0.500. The maximum atomic E-state index is 15.6. The Kier molecular flexibility index (Phi) is 5.41. The van der Waals surface area contributed by atoms with Gasteiger partial charge in [0.15, 0.2) is 0 Å². The summed E-state index contributed by atoms with van der Waals surface area (Å²) in [6.45, 7) is 2.39. The van der Waals surface area contributed by atoms with E-state index in [0.717, 1.165) is 44.5 Å². The number of nitrogens with one attached hydrogen (secondary N) is 1. The average molecular weight is 445 g/mol. The molecule has 2 aromatic rings. The predicted molar refractivity (Wildman–Crippen MR) is 119 cm³/mol. The normalized spacial score (nSPS) is 27.4. The van der Waals surface area contributed by atoms with Crippen molar-refractivity contribution in [1.29, 1.82) is 0 Å². The number of halogens is 1. The maximum Gasteiger partial charge on any atom is 0.209 e. The van der Waals surface area contributed by atoms with Crippen molar-refractivity contribution in [2.24, 2.45) is 5.41 Å². The molecule has 1 spiro atoms. The fourth-order valence-electron chi connectivity index (χ4n) is 5.24. The maximum absolute atomic E-state index is 15.6. The number of hydrogen-bond acceptors (Lipinski definition) is 4. The lowest BCUT2D eigenvalue weighted by molar-refractivity contribution is -0.0689. The molecule has 2 unspecified atom stereocenters. The highest BCUT2D eigenvalue weighted by atomic mass is 32.2. The Balaban J connectivity index is 1.47. The number of rotatable bonds is 7. The third-order valence-electron chi connectivity index (χ3n) is 7.09. The molecule has 1 N–H and O–H groups in total. The van der Waals surface area contributed by atoms with Gasteiger partial charge in [0.05, 0.1) is 12.4 Å². The summed E-state index contributed by atoms with van der Waals surface area (Å²) in [4.78, 5) is 2.34. The lowest BCUT2D eigenvalue weighted by atomic mass is 9.91. The van der Waals surface area contributed by atoms with Gasteiger partial charge in [-0.15, -0.1) is 0 Å². The molecule has 31 heavy (non-hydrogen) atoms. The van der Waals surface area contributed by atoms with E-state index >= 15 is 4.39 Å². The van der Waals surface area contributed by atoms with Gasteiger partial charge in [0, 0.05) is 42.8 Å². The number of sulfonamides is 1. The highest BCUT2D eigenvalue weighted by molar-refractivity contribution is 7.88. The van der Waals surface area contributed by atoms with Crippen LogP contribution in [0.3, 0.4) is 0 Å². The Hall–Kier alpha value is -1.80. The van der Waals surface area contributed by atoms with E-state index in [1.54, 1.807) is 6.07 Å². The van der Waals surface area contributed by atoms with Crippen molar-refractivity contribution in [3.63, 3.8) is 0 Å². The summed E-state index contributed by atoms with van der Waals surface area (Å²) in [5.74, 6) is -0.219. The zero-order valence-corrected chi connectivity index (χ0v) is 18.6. The Morgan fingerprint density at radius 2 is 1.90 bits per heavy atom. The minimum absolute atomic E-state index is 0.0367. The van der Waals surface area contributed by atoms with Crippen molar-refractivity contribution in [3.8, 4) is 11.1 Å². The van der Waals surface area contributed by atoms with E-state index in [1.165, 1.54) is 6.26 Å². The molecule has 3 fully saturated rings. The zero-order valence-electron chi connectivity index (χ0n) is 17.8. The molecule has 2 aliphatic heterocycles. The van der Waals surface area contributed by atoms with E-state index in [2.05, 4.69) is 9.62 Å². The first-order valence-electron chi connectivity index (χ1n) is 11.0. The summed E-state index contributed by atoms with van der Waals surface area (Å²) in [6, 6.07) is 14.8. The van der Waals surface area contributed by atoms with Gasteiger partial charge in [-0.05, 0) is 36.8 Å². The number of benzene rings is 2. The van der Waals surface area contributed by atoms with Crippen LogP contribution in [0.4, 0.5) is 4.39 Å². The molecule has 1 aliphatic carbocycles. The highest BCUT2D eigenvalue weighted by Crippen LogP contribution is 2.55. The molecule has 0 amide bonds. The van der Waals surface area contributed by atoms with Crippen molar-refractivity contribution < 1.29 is 17.5 Å². The van der Waals surface area contributed by atoms with E-state index in [-0.39, 0.29) is 29.4 Å². The first kappa shape index (κ1) is 21.1. The van der Waals surface area contributed by atoms with E-state index in [4.69, 9.17) is 4.74 Å². The lowest BCUT2D eigenvalue weighted by Crippen LogP contribution is -2.50. The third-order valence-corrected chi connectivity index (χ3v) is 7.77. The quantitative estimate of drug-likeness (QED) is 0.713. The number of nitrogens with zero attached hydrogens (tertiary/aromatic N) is 1. The molecule has 3 atom stereocenters. The molecule has 0 bridgehead atoms. The molecule has 2 heterocycles. The van der Waals surface area contributed by atoms with E-state index in [1.807, 2.05) is 42.5 Å². The molecule has 3 aliphatic rings. The second kappa shape index (κ2) is 7.96. The van der Waals surface area contributed by atoms with Gasteiger partial charge in [0.25, 0.3) is 0 Å². The Labute approximate surface area is 183 Å². The smallest absolute Gasteiger partial charge is 0.209 e. The molecule has 5 rings (SSSR count). The second-order valence-electron chi connectivity index (χ2n) is 9.36. The summed E-state index contributed by atoms with van der Waals surface area (Å²) in [6.07, 6.45) is 4.91. The van der Waals surface area contributed by atoms with Gasteiger partial charge in [0.2, 0.25) is 10.0 Å². The molecular formula is C24H29FN2O3S. The minimum Gasteiger partial charge on any atom is -0.377 e. The Morgan fingerprint density at radius 1 is 1.16 bits per heavy atom. The standard InChI is InChI=1S/C24H29FN2O3S/c1-31(28,29)26-23-21(27(15-19-10-13-30-19)16-24(23)11-12-24)14-18-8-5-9-20(22(18)25)17-6-3-2-4-7-17/h2-9,19,21,23,26H,10-16H2,1H3/t19-,21?,23?/m0/s1. The van der Waals surface area contributed by atoms with Crippen LogP contribution in [-0.4, -0.2) is 57.5 Å². The van der Waals surface area contributed by atoms with Crippen molar-refractivity contribution in [3.05, 3.63) is 59.9 Å². The van der Waals surface area contributed by atoms with E-state index in [0.29, 0.717) is 17.5 Å². The molecule has 1 saturated carbocycles. The van der Waals surface area contributed by atoms with E-state index < -0.39 is 10.0 Å². The summed E-state index contributed by atoms with van der Waals surface area (Å²) in [5.41, 5.74) is 2.02. The van der Waals surface area contributed by atoms with Crippen LogP contribution in [0.25, 0.3) is 11.1 Å². The van der Waals surface area contributed by atoms with Gasteiger partial charge in [0.1, 0.15) is 5.82 Å². The SMILES string of the molecule is CS(=O)(=O)NC1C(Cc2cccc(-c3ccccc3)c2F)N(C[C@@H]2CCO2)CC12CC2. The van der Waals surface area contributed by atoms with Crippen LogP contribution >= 0.6 is 0 Å². The van der Waals surface area contributed by atoms with Gasteiger partial charge < -0.3 is 4.74 Å². The van der Waals surface area contributed by atoms with Gasteiger partial charge in [-0.2, -0.15) is 0 Å². The third kappa shape index (κ3) is 4.29. The molecule has 5 nitrogen and oxygen atoms in total. The number of likely N-dealkylation sites (tertiary alicyclic amines) is 1. The second-order valence-corrected chi connectivity index (χ2v) is 11.1. The highest BCUT2D eigenvalue weighted by Gasteiger charge is 2.60. The number of hydrogen-bond donors (Lipinski definition) is 1. The zero-order chi connectivity index (χ0) is 21.6. The molecule has 0 radical (unpaired) electrons. The summed E-state index contributed by atoms with van der Waals surface area (Å²) < 4.78 is 48.5. The Morgan fingerprint density at radius 3 is 2.52 bits per heavy atom. The van der Waals surface area contributed by atoms with Crippen LogP contribution in [-0.2, 0) is 21.2 Å². The monoisotopic (exact) mass is 444 g/mol. The van der Waals surface area contributed by atoms with Crippen LogP contribution in [0.15, 0.2) is 48.5 Å². The molecule has 0 aromatic heterocycles. The molecule has 166 valence electrons. The van der Waals surface area contributed by atoms with Crippen molar-refractivity contribution >= 4 is 10.0 Å². The van der Waals surface area contributed by atoms with E-state index in [9.17, 15) is 8.42 Å². The van der Waals surface area contributed by atoms with Gasteiger partial charge in [-0.1, -0.05) is 48.5 Å². The first-order chi connectivity index (χ1) is 14.8. The average Bonchev–Trinajstić information content (AvgIpc) is 3.42. The topological polar surface area (TPSA) is 58.6 Å². The van der Waals surface area contributed by atoms with Crippen molar-refractivity contribution in [2.75, 3.05) is 26.0 Å². The largest absolute Gasteiger partial charge is 0.377 e. The summed E-state index contributed by atoms with van der Waals surface area (Å²) >= 11 is 0. The van der Waals surface area contributed by atoms with Crippen LogP contribution in [0.2, 0.25) is 0 Å². The van der Waals surface area contributed by atoms with Crippen LogP contribution in [0.1, 0.15) is 24.8 Å². The van der Waals surface area contributed by atoms with Gasteiger partial charge in [-0.25, -0.2) is 17.5 Å². The summed E-state index contributed by atoms with van der Waals surface area (Å²) in [5, 5.41) is 0. The van der Waals surface area contributed by atoms with Gasteiger partial charge in [-0.3, -0.25) is 4.90 Å².